The summed E-state index contributed by atoms with van der Waals surface area (Å²) in [6.07, 6.45) is 2.53. The van der Waals surface area contributed by atoms with E-state index in [4.69, 9.17) is 11.6 Å². The Labute approximate surface area is 108 Å². The number of aromatic nitrogens is 4. The van der Waals surface area contributed by atoms with Crippen molar-refractivity contribution in [3.8, 4) is 0 Å². The number of thiophene rings is 1. The molecule has 0 saturated heterocycles. The highest BCUT2D eigenvalue weighted by molar-refractivity contribution is 7.16. The number of tetrazole rings is 1. The number of nitrogens with one attached hydrogen (secondary N) is 1. The average Bonchev–Trinajstić information content (AvgIpc) is 2.90. The van der Waals surface area contributed by atoms with Crippen LogP contribution in [0.3, 0.4) is 0 Å². The van der Waals surface area contributed by atoms with Gasteiger partial charge in [0.15, 0.2) is 5.82 Å². The molecule has 1 fully saturated rings. The Kier molecular flexibility index (Phi) is 3.09. The monoisotopic (exact) mass is 269 g/mol. The Morgan fingerprint density at radius 1 is 1.47 bits per heavy atom. The zero-order chi connectivity index (χ0) is 11.7. The SMILES string of the molecule is Clc1ccc(Cn2nnnc2CNC2CC2)s1. The largest absolute Gasteiger partial charge is 0.307 e. The number of hydrogen-bond donors (Lipinski definition) is 1. The summed E-state index contributed by atoms with van der Waals surface area (Å²) in [5.41, 5.74) is 0. The first-order valence-electron chi connectivity index (χ1n) is 5.54. The van der Waals surface area contributed by atoms with Gasteiger partial charge in [-0.15, -0.1) is 16.4 Å². The molecule has 90 valence electrons. The molecule has 0 unspecified atom stereocenters. The Morgan fingerprint density at radius 2 is 2.35 bits per heavy atom. The molecule has 1 aliphatic carbocycles. The summed E-state index contributed by atoms with van der Waals surface area (Å²) in [6, 6.07) is 4.57. The first-order valence-corrected chi connectivity index (χ1v) is 6.73. The van der Waals surface area contributed by atoms with Crippen molar-refractivity contribution in [3.05, 3.63) is 27.2 Å². The summed E-state index contributed by atoms with van der Waals surface area (Å²) in [7, 11) is 0. The second kappa shape index (κ2) is 4.72. The summed E-state index contributed by atoms with van der Waals surface area (Å²) in [5, 5.41) is 15.2. The molecule has 0 bridgehead atoms. The maximum atomic E-state index is 5.90. The maximum absolute atomic E-state index is 5.90. The number of rotatable bonds is 5. The standard InChI is InChI=1S/C10H12ClN5S/c11-9-4-3-8(17-9)6-16-10(13-14-15-16)5-12-7-1-2-7/h3-4,7,12H,1-2,5-6H2. The van der Waals surface area contributed by atoms with Gasteiger partial charge in [0.05, 0.1) is 17.4 Å². The van der Waals surface area contributed by atoms with E-state index < -0.39 is 0 Å². The van der Waals surface area contributed by atoms with E-state index in [-0.39, 0.29) is 0 Å². The van der Waals surface area contributed by atoms with Crippen LogP contribution in [-0.4, -0.2) is 26.2 Å². The molecular formula is C10H12ClN5S. The molecule has 0 atom stereocenters. The Morgan fingerprint density at radius 3 is 3.06 bits per heavy atom. The van der Waals surface area contributed by atoms with Crippen molar-refractivity contribution in [3.63, 3.8) is 0 Å². The van der Waals surface area contributed by atoms with E-state index in [0.29, 0.717) is 12.6 Å². The van der Waals surface area contributed by atoms with Crippen molar-refractivity contribution < 1.29 is 0 Å². The third-order valence-electron chi connectivity index (χ3n) is 2.67. The van der Waals surface area contributed by atoms with Crippen LogP contribution >= 0.6 is 22.9 Å². The minimum atomic E-state index is 0.663. The van der Waals surface area contributed by atoms with Gasteiger partial charge in [-0.25, -0.2) is 4.68 Å². The first kappa shape index (κ1) is 11.1. The third-order valence-corrected chi connectivity index (χ3v) is 3.88. The fourth-order valence-corrected chi connectivity index (χ4v) is 2.65. The van der Waals surface area contributed by atoms with Gasteiger partial charge in [0.25, 0.3) is 0 Å². The van der Waals surface area contributed by atoms with Gasteiger partial charge in [0.2, 0.25) is 0 Å². The van der Waals surface area contributed by atoms with Crippen LogP contribution in [0.25, 0.3) is 0 Å². The topological polar surface area (TPSA) is 55.6 Å². The van der Waals surface area contributed by atoms with Crippen LogP contribution in [0, 0.1) is 0 Å². The van der Waals surface area contributed by atoms with Crippen molar-refractivity contribution in [2.75, 3.05) is 0 Å². The van der Waals surface area contributed by atoms with Gasteiger partial charge in [0.1, 0.15) is 0 Å². The molecule has 17 heavy (non-hydrogen) atoms. The first-order chi connectivity index (χ1) is 8.31. The molecule has 0 aromatic carbocycles. The molecule has 0 amide bonds. The lowest BCUT2D eigenvalue weighted by Crippen LogP contribution is -2.19. The number of hydrogen-bond acceptors (Lipinski definition) is 5. The van der Waals surface area contributed by atoms with E-state index in [9.17, 15) is 0 Å². The maximum Gasteiger partial charge on any atom is 0.165 e. The van der Waals surface area contributed by atoms with Crippen LogP contribution in [0.4, 0.5) is 0 Å². The lowest BCUT2D eigenvalue weighted by Gasteiger charge is -2.03. The quantitative estimate of drug-likeness (QED) is 0.897. The minimum absolute atomic E-state index is 0.663. The van der Waals surface area contributed by atoms with Crippen LogP contribution in [0.2, 0.25) is 4.34 Å². The van der Waals surface area contributed by atoms with Gasteiger partial charge < -0.3 is 5.32 Å². The van der Waals surface area contributed by atoms with Crippen LogP contribution in [0.15, 0.2) is 12.1 Å². The van der Waals surface area contributed by atoms with Gasteiger partial charge in [-0.3, -0.25) is 0 Å². The Bertz CT molecular complexity index is 504. The van der Waals surface area contributed by atoms with Crippen LogP contribution in [0.1, 0.15) is 23.5 Å². The van der Waals surface area contributed by atoms with Crippen molar-refractivity contribution in [2.24, 2.45) is 0 Å². The molecule has 3 rings (SSSR count). The van der Waals surface area contributed by atoms with E-state index in [0.717, 1.165) is 21.6 Å². The summed E-state index contributed by atoms with van der Waals surface area (Å²) in [5.74, 6) is 0.876. The lowest BCUT2D eigenvalue weighted by atomic mass is 10.4. The van der Waals surface area contributed by atoms with Crippen molar-refractivity contribution >= 4 is 22.9 Å². The highest BCUT2D eigenvalue weighted by Gasteiger charge is 2.21. The molecule has 0 radical (unpaired) electrons. The lowest BCUT2D eigenvalue weighted by molar-refractivity contribution is 0.581. The number of nitrogens with zero attached hydrogens (tertiary/aromatic N) is 4. The van der Waals surface area contributed by atoms with Crippen molar-refractivity contribution in [1.82, 2.24) is 25.5 Å². The van der Waals surface area contributed by atoms with Crippen molar-refractivity contribution in [1.29, 1.82) is 0 Å². The van der Waals surface area contributed by atoms with E-state index >= 15 is 0 Å². The summed E-state index contributed by atoms with van der Waals surface area (Å²) < 4.78 is 2.61. The minimum Gasteiger partial charge on any atom is -0.307 e. The van der Waals surface area contributed by atoms with Crippen LogP contribution in [0.5, 0.6) is 0 Å². The third kappa shape index (κ3) is 2.83. The molecule has 0 aliphatic heterocycles. The second-order valence-electron chi connectivity index (χ2n) is 4.11. The van der Waals surface area contributed by atoms with Crippen LogP contribution in [-0.2, 0) is 13.1 Å². The summed E-state index contributed by atoms with van der Waals surface area (Å²) in [4.78, 5) is 1.16. The zero-order valence-electron chi connectivity index (χ0n) is 9.14. The molecule has 1 saturated carbocycles. The highest BCUT2D eigenvalue weighted by Crippen LogP contribution is 2.22. The Hall–Kier alpha value is -0.980. The molecule has 1 N–H and O–H groups in total. The summed E-state index contributed by atoms with van der Waals surface area (Å²) in [6.45, 7) is 1.42. The Balaban J connectivity index is 1.67. The zero-order valence-corrected chi connectivity index (χ0v) is 10.7. The molecule has 7 heteroatoms. The van der Waals surface area contributed by atoms with E-state index in [1.807, 2.05) is 16.8 Å². The predicted molar refractivity (Wildman–Crippen MR) is 66.1 cm³/mol. The second-order valence-corrected chi connectivity index (χ2v) is 5.91. The van der Waals surface area contributed by atoms with E-state index in [1.54, 1.807) is 11.3 Å². The molecule has 1 aliphatic rings. The van der Waals surface area contributed by atoms with E-state index in [1.165, 1.54) is 12.8 Å². The van der Waals surface area contributed by atoms with Gasteiger partial charge in [0, 0.05) is 10.9 Å². The fraction of sp³-hybridized carbons (Fsp3) is 0.500. The molecule has 2 heterocycles. The molecule has 0 spiro atoms. The molecule has 2 aromatic rings. The average molecular weight is 270 g/mol. The summed E-state index contributed by atoms with van der Waals surface area (Å²) >= 11 is 7.46. The van der Waals surface area contributed by atoms with Gasteiger partial charge in [-0.2, -0.15) is 0 Å². The fourth-order valence-electron chi connectivity index (χ4n) is 1.58. The molecular weight excluding hydrogens is 258 g/mol. The normalized spacial score (nSPS) is 15.4. The predicted octanol–water partition coefficient (Wildman–Crippen LogP) is 1.69. The smallest absolute Gasteiger partial charge is 0.165 e. The van der Waals surface area contributed by atoms with Crippen LogP contribution < -0.4 is 5.32 Å². The van der Waals surface area contributed by atoms with Gasteiger partial charge in [-0.1, -0.05) is 11.6 Å². The molecule has 2 aromatic heterocycles. The molecule has 5 nitrogen and oxygen atoms in total. The van der Waals surface area contributed by atoms with Gasteiger partial charge >= 0.3 is 0 Å². The highest BCUT2D eigenvalue weighted by atomic mass is 35.5. The van der Waals surface area contributed by atoms with Crippen molar-refractivity contribution in [2.45, 2.75) is 32.0 Å². The van der Waals surface area contributed by atoms with E-state index in [2.05, 4.69) is 20.8 Å². The van der Waals surface area contributed by atoms with Gasteiger partial charge in [-0.05, 0) is 35.4 Å². The number of halogens is 1.